The van der Waals surface area contributed by atoms with E-state index >= 15 is 0 Å². The number of imidazole rings is 1. The third-order valence-electron chi connectivity index (χ3n) is 3.02. The standard InChI is InChI=1S/C15H12N2O4S/c18-14-7-12(22(19)20)5-6-15(14)21-11-3-1-10(2-4-11)13-8-16-9-17-13/h1-9,18H,(H,16,17)(H,19,20). The number of rotatable bonds is 4. The van der Waals surface area contributed by atoms with Crippen LogP contribution >= 0.6 is 0 Å². The van der Waals surface area contributed by atoms with E-state index in [2.05, 4.69) is 9.97 Å². The van der Waals surface area contributed by atoms with Crippen LogP contribution in [0.1, 0.15) is 0 Å². The normalized spacial score (nSPS) is 12.0. The molecule has 22 heavy (non-hydrogen) atoms. The van der Waals surface area contributed by atoms with Crippen LogP contribution < -0.4 is 4.74 Å². The van der Waals surface area contributed by atoms with Crippen LogP contribution in [0.2, 0.25) is 0 Å². The fourth-order valence-corrected chi connectivity index (χ4v) is 2.33. The van der Waals surface area contributed by atoms with Gasteiger partial charge in [-0.1, -0.05) is 0 Å². The number of benzene rings is 2. The Hall–Kier alpha value is -2.64. The molecule has 3 N–H and O–H groups in total. The smallest absolute Gasteiger partial charge is 0.186 e. The molecule has 1 heterocycles. The van der Waals surface area contributed by atoms with Crippen molar-refractivity contribution >= 4 is 11.1 Å². The Balaban J connectivity index is 1.80. The van der Waals surface area contributed by atoms with Crippen molar-refractivity contribution in [1.29, 1.82) is 0 Å². The highest BCUT2D eigenvalue weighted by atomic mass is 32.2. The Morgan fingerprint density at radius 3 is 2.50 bits per heavy atom. The summed E-state index contributed by atoms with van der Waals surface area (Å²) >= 11 is -2.14. The van der Waals surface area contributed by atoms with Gasteiger partial charge in [0.05, 0.1) is 23.1 Å². The van der Waals surface area contributed by atoms with Gasteiger partial charge in [-0.25, -0.2) is 9.19 Å². The largest absolute Gasteiger partial charge is 0.504 e. The fourth-order valence-electron chi connectivity index (χ4n) is 1.94. The minimum atomic E-state index is -2.14. The molecule has 0 fully saturated rings. The van der Waals surface area contributed by atoms with Gasteiger partial charge in [0.25, 0.3) is 0 Å². The number of H-pyrrole nitrogens is 1. The first kappa shape index (κ1) is 14.3. The van der Waals surface area contributed by atoms with Crippen molar-refractivity contribution in [2.24, 2.45) is 0 Å². The Morgan fingerprint density at radius 1 is 1.14 bits per heavy atom. The molecular formula is C15H12N2O4S. The molecule has 112 valence electrons. The summed E-state index contributed by atoms with van der Waals surface area (Å²) in [6, 6.07) is 11.3. The molecular weight excluding hydrogens is 304 g/mol. The number of nitrogens with one attached hydrogen (secondary N) is 1. The number of nitrogens with zero attached hydrogens (tertiary/aromatic N) is 1. The van der Waals surface area contributed by atoms with Crippen molar-refractivity contribution in [1.82, 2.24) is 9.97 Å². The second-order valence-electron chi connectivity index (χ2n) is 4.47. The lowest BCUT2D eigenvalue weighted by Crippen LogP contribution is -1.90. The molecule has 2 aromatic carbocycles. The molecule has 0 spiro atoms. The maximum absolute atomic E-state index is 10.9. The van der Waals surface area contributed by atoms with Crippen molar-refractivity contribution in [2.45, 2.75) is 4.90 Å². The third kappa shape index (κ3) is 3.00. The van der Waals surface area contributed by atoms with Gasteiger partial charge in [0, 0.05) is 6.07 Å². The summed E-state index contributed by atoms with van der Waals surface area (Å²) in [5.41, 5.74) is 1.85. The van der Waals surface area contributed by atoms with E-state index in [-0.39, 0.29) is 16.4 Å². The Morgan fingerprint density at radius 2 is 1.91 bits per heavy atom. The summed E-state index contributed by atoms with van der Waals surface area (Å²) in [5.74, 6) is 0.553. The zero-order valence-corrected chi connectivity index (χ0v) is 12.1. The van der Waals surface area contributed by atoms with Gasteiger partial charge in [-0.3, -0.25) is 0 Å². The summed E-state index contributed by atoms with van der Waals surface area (Å²) in [6.45, 7) is 0. The van der Waals surface area contributed by atoms with E-state index in [1.54, 1.807) is 24.7 Å². The first-order chi connectivity index (χ1) is 10.6. The lowest BCUT2D eigenvalue weighted by atomic mass is 10.1. The van der Waals surface area contributed by atoms with Crippen LogP contribution in [0.4, 0.5) is 0 Å². The van der Waals surface area contributed by atoms with Crippen molar-refractivity contribution in [2.75, 3.05) is 0 Å². The number of aromatic hydroxyl groups is 1. The minimum absolute atomic E-state index is 0.111. The molecule has 1 unspecified atom stereocenters. The molecule has 6 nitrogen and oxygen atoms in total. The van der Waals surface area contributed by atoms with Crippen LogP contribution in [0.15, 0.2) is 59.9 Å². The molecule has 0 amide bonds. The zero-order chi connectivity index (χ0) is 15.5. The lowest BCUT2D eigenvalue weighted by molar-refractivity contribution is 0.409. The predicted molar refractivity (Wildman–Crippen MR) is 81.2 cm³/mol. The van der Waals surface area contributed by atoms with Crippen molar-refractivity contribution < 1.29 is 18.6 Å². The molecule has 3 aromatic rings. The number of hydrogen-bond donors (Lipinski definition) is 3. The Kier molecular flexibility index (Phi) is 3.90. The Bertz CT molecular complexity index is 801. The molecule has 0 saturated carbocycles. The van der Waals surface area contributed by atoms with Gasteiger partial charge in [0.15, 0.2) is 22.6 Å². The average molecular weight is 316 g/mol. The van der Waals surface area contributed by atoms with Crippen LogP contribution in [0, 0.1) is 0 Å². The van der Waals surface area contributed by atoms with E-state index in [0.717, 1.165) is 11.3 Å². The summed E-state index contributed by atoms with van der Waals surface area (Å²) < 4.78 is 25.4. The molecule has 7 heteroatoms. The molecule has 0 radical (unpaired) electrons. The minimum Gasteiger partial charge on any atom is -0.504 e. The molecule has 3 rings (SSSR count). The third-order valence-corrected chi connectivity index (χ3v) is 3.68. The predicted octanol–water partition coefficient (Wildman–Crippen LogP) is 3.16. The first-order valence-electron chi connectivity index (χ1n) is 6.34. The van der Waals surface area contributed by atoms with E-state index in [9.17, 15) is 9.32 Å². The van der Waals surface area contributed by atoms with Crippen molar-refractivity contribution in [3.8, 4) is 28.5 Å². The van der Waals surface area contributed by atoms with Crippen LogP contribution in [-0.2, 0) is 11.1 Å². The first-order valence-corrected chi connectivity index (χ1v) is 7.45. The monoisotopic (exact) mass is 316 g/mol. The van der Waals surface area contributed by atoms with Gasteiger partial charge in [0.2, 0.25) is 0 Å². The highest BCUT2D eigenvalue weighted by Crippen LogP contribution is 2.32. The van der Waals surface area contributed by atoms with Gasteiger partial charge in [-0.15, -0.1) is 0 Å². The SMILES string of the molecule is O=S(O)c1ccc(Oc2ccc(-c3cnc[nH]3)cc2)c(O)c1. The van der Waals surface area contributed by atoms with E-state index in [1.807, 2.05) is 12.1 Å². The summed E-state index contributed by atoms with van der Waals surface area (Å²) in [5, 5.41) is 9.82. The van der Waals surface area contributed by atoms with Gasteiger partial charge in [0.1, 0.15) is 5.75 Å². The second kappa shape index (κ2) is 6.00. The molecule has 1 aromatic heterocycles. The van der Waals surface area contributed by atoms with Crippen molar-refractivity contribution in [3.63, 3.8) is 0 Å². The number of hydrogen-bond acceptors (Lipinski definition) is 4. The molecule has 0 bridgehead atoms. The van der Waals surface area contributed by atoms with E-state index in [4.69, 9.17) is 9.29 Å². The van der Waals surface area contributed by atoms with Crippen LogP contribution in [-0.4, -0.2) is 23.8 Å². The highest BCUT2D eigenvalue weighted by molar-refractivity contribution is 7.79. The van der Waals surface area contributed by atoms with Crippen LogP contribution in [0.3, 0.4) is 0 Å². The van der Waals surface area contributed by atoms with Crippen LogP contribution in [0.25, 0.3) is 11.3 Å². The number of phenolic OH excluding ortho intramolecular Hbond substituents is 1. The molecule has 0 aliphatic rings. The van der Waals surface area contributed by atoms with Gasteiger partial charge in [-0.05, 0) is 42.0 Å². The molecule has 0 aliphatic carbocycles. The van der Waals surface area contributed by atoms with Gasteiger partial charge < -0.3 is 19.4 Å². The molecule has 0 aliphatic heterocycles. The Labute approximate surface area is 128 Å². The molecule has 1 atom stereocenters. The number of aromatic nitrogens is 2. The fraction of sp³-hybridized carbons (Fsp3) is 0. The topological polar surface area (TPSA) is 95.4 Å². The van der Waals surface area contributed by atoms with E-state index < -0.39 is 11.1 Å². The van der Waals surface area contributed by atoms with E-state index in [1.165, 1.54) is 18.2 Å². The summed E-state index contributed by atoms with van der Waals surface area (Å²) in [6.07, 6.45) is 3.32. The number of phenols is 1. The van der Waals surface area contributed by atoms with E-state index in [0.29, 0.717) is 5.75 Å². The van der Waals surface area contributed by atoms with Crippen LogP contribution in [0.5, 0.6) is 17.2 Å². The van der Waals surface area contributed by atoms with Gasteiger partial charge >= 0.3 is 0 Å². The quantitative estimate of drug-likeness (QED) is 0.643. The molecule has 0 saturated heterocycles. The zero-order valence-electron chi connectivity index (χ0n) is 11.3. The average Bonchev–Trinajstić information content (AvgIpc) is 3.04. The summed E-state index contributed by atoms with van der Waals surface area (Å²) in [7, 11) is 0. The highest BCUT2D eigenvalue weighted by Gasteiger charge is 2.08. The van der Waals surface area contributed by atoms with Gasteiger partial charge in [-0.2, -0.15) is 0 Å². The van der Waals surface area contributed by atoms with Crippen molar-refractivity contribution in [3.05, 3.63) is 55.0 Å². The maximum Gasteiger partial charge on any atom is 0.186 e. The maximum atomic E-state index is 10.9. The second-order valence-corrected chi connectivity index (χ2v) is 5.44. The summed E-state index contributed by atoms with van der Waals surface area (Å²) in [4.78, 5) is 7.07. The lowest BCUT2D eigenvalue weighted by Gasteiger charge is -2.08. The number of ether oxygens (including phenoxy) is 1. The number of aromatic amines is 1.